The number of hydrogen-bond donors (Lipinski definition) is 2. The van der Waals surface area contributed by atoms with Crippen molar-refractivity contribution in [3.63, 3.8) is 0 Å². The summed E-state index contributed by atoms with van der Waals surface area (Å²) in [5.41, 5.74) is 4.01. The van der Waals surface area contributed by atoms with Gasteiger partial charge in [0, 0.05) is 31.4 Å². The molecule has 3 heteroatoms. The van der Waals surface area contributed by atoms with Gasteiger partial charge in [-0.2, -0.15) is 0 Å². The SMILES string of the molecule is Cc1ccc(N2CCCNC(CCO)C2)cc1C. The van der Waals surface area contributed by atoms with Crippen LogP contribution < -0.4 is 10.2 Å². The molecule has 0 aromatic heterocycles. The van der Waals surface area contributed by atoms with Gasteiger partial charge in [0.25, 0.3) is 0 Å². The Balaban J connectivity index is 2.12. The molecule has 0 bridgehead atoms. The maximum atomic E-state index is 9.09. The number of aliphatic hydroxyl groups is 1. The van der Waals surface area contributed by atoms with Crippen LogP contribution >= 0.6 is 0 Å². The molecule has 0 saturated carbocycles. The highest BCUT2D eigenvalue weighted by molar-refractivity contribution is 5.50. The Kier molecular flexibility index (Phi) is 4.61. The number of nitrogens with zero attached hydrogens (tertiary/aromatic N) is 1. The van der Waals surface area contributed by atoms with Crippen molar-refractivity contribution >= 4 is 5.69 Å². The second kappa shape index (κ2) is 6.21. The molecule has 1 unspecified atom stereocenters. The van der Waals surface area contributed by atoms with Crippen molar-refractivity contribution in [3.05, 3.63) is 29.3 Å². The molecule has 1 heterocycles. The van der Waals surface area contributed by atoms with E-state index in [0.29, 0.717) is 6.04 Å². The van der Waals surface area contributed by atoms with Crippen molar-refractivity contribution in [2.75, 3.05) is 31.1 Å². The molecule has 0 aliphatic carbocycles. The van der Waals surface area contributed by atoms with Gasteiger partial charge in [-0.3, -0.25) is 0 Å². The lowest BCUT2D eigenvalue weighted by atomic mass is 10.1. The van der Waals surface area contributed by atoms with E-state index in [1.807, 2.05) is 0 Å². The maximum absolute atomic E-state index is 9.09. The van der Waals surface area contributed by atoms with Crippen LogP contribution in [-0.2, 0) is 0 Å². The maximum Gasteiger partial charge on any atom is 0.0446 e. The lowest BCUT2D eigenvalue weighted by Crippen LogP contribution is -2.38. The Morgan fingerprint density at radius 2 is 2.17 bits per heavy atom. The van der Waals surface area contributed by atoms with E-state index in [2.05, 4.69) is 42.3 Å². The number of hydrogen-bond acceptors (Lipinski definition) is 3. The van der Waals surface area contributed by atoms with E-state index >= 15 is 0 Å². The Labute approximate surface area is 110 Å². The molecule has 2 rings (SSSR count). The number of anilines is 1. The van der Waals surface area contributed by atoms with Crippen LogP contribution in [0.1, 0.15) is 24.0 Å². The van der Waals surface area contributed by atoms with Crippen molar-refractivity contribution in [2.24, 2.45) is 0 Å². The van der Waals surface area contributed by atoms with E-state index < -0.39 is 0 Å². The van der Waals surface area contributed by atoms with Gasteiger partial charge in [-0.15, -0.1) is 0 Å². The number of benzene rings is 1. The van der Waals surface area contributed by atoms with Crippen LogP contribution in [-0.4, -0.2) is 37.4 Å². The molecule has 1 aliphatic heterocycles. The highest BCUT2D eigenvalue weighted by atomic mass is 16.3. The Hall–Kier alpha value is -1.06. The van der Waals surface area contributed by atoms with E-state index in [1.54, 1.807) is 0 Å². The smallest absolute Gasteiger partial charge is 0.0446 e. The summed E-state index contributed by atoms with van der Waals surface area (Å²) in [4.78, 5) is 2.44. The minimum atomic E-state index is 0.262. The van der Waals surface area contributed by atoms with Gasteiger partial charge in [0.1, 0.15) is 0 Å². The minimum Gasteiger partial charge on any atom is -0.396 e. The van der Waals surface area contributed by atoms with Gasteiger partial charge >= 0.3 is 0 Å². The molecule has 1 atom stereocenters. The first-order valence-corrected chi connectivity index (χ1v) is 6.87. The second-order valence-electron chi connectivity index (χ2n) is 5.23. The van der Waals surface area contributed by atoms with Gasteiger partial charge in [0.15, 0.2) is 0 Å². The van der Waals surface area contributed by atoms with Gasteiger partial charge in [0.05, 0.1) is 0 Å². The van der Waals surface area contributed by atoms with Crippen molar-refractivity contribution < 1.29 is 5.11 Å². The Bertz CT molecular complexity index is 392. The van der Waals surface area contributed by atoms with Crippen molar-refractivity contribution in [1.82, 2.24) is 5.32 Å². The lowest BCUT2D eigenvalue weighted by molar-refractivity contribution is 0.267. The summed E-state index contributed by atoms with van der Waals surface area (Å²) < 4.78 is 0. The quantitative estimate of drug-likeness (QED) is 0.857. The predicted octanol–water partition coefficient (Wildman–Crippen LogP) is 1.85. The standard InChI is InChI=1S/C15H24N2O/c1-12-4-5-15(10-13(12)2)17-8-3-7-16-14(11-17)6-9-18/h4-5,10,14,16,18H,3,6-9,11H2,1-2H3. The zero-order valence-electron chi connectivity index (χ0n) is 11.4. The van der Waals surface area contributed by atoms with Crippen LogP contribution in [0, 0.1) is 13.8 Å². The van der Waals surface area contributed by atoms with E-state index in [4.69, 9.17) is 5.11 Å². The number of rotatable bonds is 3. The third-order valence-corrected chi connectivity index (χ3v) is 3.81. The van der Waals surface area contributed by atoms with Gasteiger partial charge in [-0.25, -0.2) is 0 Å². The molecular weight excluding hydrogens is 224 g/mol. The Morgan fingerprint density at radius 3 is 2.89 bits per heavy atom. The largest absolute Gasteiger partial charge is 0.396 e. The summed E-state index contributed by atoms with van der Waals surface area (Å²) in [7, 11) is 0. The van der Waals surface area contributed by atoms with Crippen LogP contribution in [0.4, 0.5) is 5.69 Å². The highest BCUT2D eigenvalue weighted by Crippen LogP contribution is 2.20. The first-order valence-electron chi connectivity index (χ1n) is 6.87. The van der Waals surface area contributed by atoms with Gasteiger partial charge < -0.3 is 15.3 Å². The normalized spacial score (nSPS) is 20.8. The third-order valence-electron chi connectivity index (χ3n) is 3.81. The zero-order valence-corrected chi connectivity index (χ0v) is 11.4. The van der Waals surface area contributed by atoms with E-state index in [-0.39, 0.29) is 6.61 Å². The Morgan fingerprint density at radius 1 is 1.33 bits per heavy atom. The molecule has 0 radical (unpaired) electrons. The van der Waals surface area contributed by atoms with E-state index in [1.165, 1.54) is 16.8 Å². The molecule has 3 nitrogen and oxygen atoms in total. The molecule has 1 saturated heterocycles. The minimum absolute atomic E-state index is 0.262. The number of nitrogens with one attached hydrogen (secondary N) is 1. The number of aliphatic hydroxyl groups excluding tert-OH is 1. The molecule has 2 N–H and O–H groups in total. The number of aryl methyl sites for hydroxylation is 2. The summed E-state index contributed by atoms with van der Waals surface area (Å²) in [6.45, 7) is 7.71. The molecule has 1 aromatic carbocycles. The summed E-state index contributed by atoms with van der Waals surface area (Å²) in [6, 6.07) is 7.09. The molecule has 0 spiro atoms. The summed E-state index contributed by atoms with van der Waals surface area (Å²) in [5.74, 6) is 0. The summed E-state index contributed by atoms with van der Waals surface area (Å²) in [5, 5.41) is 12.6. The van der Waals surface area contributed by atoms with Crippen LogP contribution in [0.15, 0.2) is 18.2 Å². The third kappa shape index (κ3) is 3.24. The molecule has 100 valence electrons. The van der Waals surface area contributed by atoms with Crippen LogP contribution in [0.5, 0.6) is 0 Å². The fourth-order valence-electron chi connectivity index (χ4n) is 2.50. The van der Waals surface area contributed by atoms with E-state index in [9.17, 15) is 0 Å². The fourth-order valence-corrected chi connectivity index (χ4v) is 2.50. The molecule has 0 amide bonds. The highest BCUT2D eigenvalue weighted by Gasteiger charge is 2.17. The van der Waals surface area contributed by atoms with Gasteiger partial charge in [0.2, 0.25) is 0 Å². The second-order valence-corrected chi connectivity index (χ2v) is 5.23. The van der Waals surface area contributed by atoms with Gasteiger partial charge in [-0.05, 0) is 56.5 Å². The fraction of sp³-hybridized carbons (Fsp3) is 0.600. The first kappa shape index (κ1) is 13.4. The average molecular weight is 248 g/mol. The van der Waals surface area contributed by atoms with Crippen molar-refractivity contribution in [3.8, 4) is 0 Å². The molecule has 1 fully saturated rings. The zero-order chi connectivity index (χ0) is 13.0. The molecule has 18 heavy (non-hydrogen) atoms. The van der Waals surface area contributed by atoms with Crippen molar-refractivity contribution in [2.45, 2.75) is 32.7 Å². The van der Waals surface area contributed by atoms with E-state index in [0.717, 1.165) is 32.5 Å². The first-order chi connectivity index (χ1) is 8.70. The van der Waals surface area contributed by atoms with Crippen LogP contribution in [0.2, 0.25) is 0 Å². The topological polar surface area (TPSA) is 35.5 Å². The summed E-state index contributed by atoms with van der Waals surface area (Å²) >= 11 is 0. The predicted molar refractivity (Wildman–Crippen MR) is 76.2 cm³/mol. The lowest BCUT2D eigenvalue weighted by Gasteiger charge is -2.26. The van der Waals surface area contributed by atoms with Crippen LogP contribution in [0.25, 0.3) is 0 Å². The molecular formula is C15H24N2O. The average Bonchev–Trinajstić information content (AvgIpc) is 2.59. The molecule has 1 aromatic rings. The summed E-state index contributed by atoms with van der Waals surface area (Å²) in [6.07, 6.45) is 2.00. The van der Waals surface area contributed by atoms with Crippen molar-refractivity contribution in [1.29, 1.82) is 0 Å². The molecule has 1 aliphatic rings. The monoisotopic (exact) mass is 248 g/mol. The van der Waals surface area contributed by atoms with Gasteiger partial charge in [-0.1, -0.05) is 6.07 Å². The van der Waals surface area contributed by atoms with Crippen LogP contribution in [0.3, 0.4) is 0 Å².